The SMILES string of the molecule is O=C(O)CCC1CNCCN1Cc1cccc(-c2ccnc(CCCc3ccc(O)cc3)n2)c1. The number of rotatable bonds is 10. The van der Waals surface area contributed by atoms with Gasteiger partial charge in [0.15, 0.2) is 0 Å². The predicted octanol–water partition coefficient (Wildman–Crippen LogP) is 3.66. The molecule has 2 aromatic carbocycles. The second kappa shape index (κ2) is 11.7. The van der Waals surface area contributed by atoms with Crippen molar-refractivity contribution in [3.05, 3.63) is 77.7 Å². The number of benzene rings is 2. The van der Waals surface area contributed by atoms with Crippen LogP contribution in [0.1, 0.15) is 36.2 Å². The first-order chi connectivity index (χ1) is 16.6. The normalized spacial score (nSPS) is 16.4. The first-order valence-corrected chi connectivity index (χ1v) is 11.9. The number of carbonyl (C=O) groups is 1. The van der Waals surface area contributed by atoms with Crippen LogP contribution in [0.25, 0.3) is 11.3 Å². The molecule has 1 aromatic heterocycles. The van der Waals surface area contributed by atoms with Gasteiger partial charge in [-0.25, -0.2) is 9.97 Å². The van der Waals surface area contributed by atoms with E-state index in [0.29, 0.717) is 6.42 Å². The van der Waals surface area contributed by atoms with Crippen LogP contribution in [-0.2, 0) is 24.2 Å². The third-order valence-electron chi connectivity index (χ3n) is 6.28. The van der Waals surface area contributed by atoms with E-state index in [9.17, 15) is 9.90 Å². The summed E-state index contributed by atoms with van der Waals surface area (Å²) in [5.74, 6) is 0.377. The molecule has 4 rings (SSSR count). The topological polar surface area (TPSA) is 98.6 Å². The second-order valence-electron chi connectivity index (χ2n) is 8.84. The molecule has 3 N–H and O–H groups in total. The first kappa shape index (κ1) is 23.9. The van der Waals surface area contributed by atoms with Crippen molar-refractivity contribution in [1.29, 1.82) is 0 Å². The maximum absolute atomic E-state index is 11.0. The average molecular weight is 461 g/mol. The lowest BCUT2D eigenvalue weighted by atomic mass is 10.0. The molecule has 7 heteroatoms. The van der Waals surface area contributed by atoms with Crippen molar-refractivity contribution in [3.8, 4) is 17.0 Å². The molecule has 1 aliphatic heterocycles. The van der Waals surface area contributed by atoms with E-state index in [0.717, 1.165) is 62.5 Å². The molecular weight excluding hydrogens is 428 g/mol. The van der Waals surface area contributed by atoms with E-state index in [-0.39, 0.29) is 18.2 Å². The monoisotopic (exact) mass is 460 g/mol. The molecule has 2 heterocycles. The average Bonchev–Trinajstić information content (AvgIpc) is 2.85. The predicted molar refractivity (Wildman–Crippen MR) is 132 cm³/mol. The molecule has 1 fully saturated rings. The van der Waals surface area contributed by atoms with Crippen molar-refractivity contribution >= 4 is 5.97 Å². The maximum atomic E-state index is 11.0. The highest BCUT2D eigenvalue weighted by Crippen LogP contribution is 2.21. The summed E-state index contributed by atoms with van der Waals surface area (Å²) < 4.78 is 0. The lowest BCUT2D eigenvalue weighted by Crippen LogP contribution is -2.50. The van der Waals surface area contributed by atoms with Gasteiger partial charge in [-0.2, -0.15) is 0 Å². The number of aromatic nitrogens is 2. The van der Waals surface area contributed by atoms with E-state index in [4.69, 9.17) is 10.1 Å². The van der Waals surface area contributed by atoms with Crippen molar-refractivity contribution in [2.24, 2.45) is 0 Å². The van der Waals surface area contributed by atoms with Crippen molar-refractivity contribution < 1.29 is 15.0 Å². The van der Waals surface area contributed by atoms with Crippen molar-refractivity contribution in [3.63, 3.8) is 0 Å². The number of nitrogens with zero attached hydrogens (tertiary/aromatic N) is 3. The third kappa shape index (κ3) is 6.85. The van der Waals surface area contributed by atoms with Gasteiger partial charge in [0, 0.05) is 56.8 Å². The van der Waals surface area contributed by atoms with Crippen LogP contribution in [0.5, 0.6) is 5.75 Å². The molecule has 3 aromatic rings. The Labute approximate surface area is 200 Å². The van der Waals surface area contributed by atoms with Crippen molar-refractivity contribution in [2.45, 2.75) is 44.7 Å². The third-order valence-corrected chi connectivity index (χ3v) is 6.28. The van der Waals surface area contributed by atoms with Crippen LogP contribution in [0.15, 0.2) is 60.8 Å². The molecule has 0 amide bonds. The minimum absolute atomic E-state index is 0.194. The zero-order valence-electron chi connectivity index (χ0n) is 19.4. The summed E-state index contributed by atoms with van der Waals surface area (Å²) in [6, 6.07) is 17.9. The van der Waals surface area contributed by atoms with E-state index in [1.54, 1.807) is 12.1 Å². The van der Waals surface area contributed by atoms with Gasteiger partial charge < -0.3 is 15.5 Å². The van der Waals surface area contributed by atoms with Gasteiger partial charge in [-0.3, -0.25) is 9.69 Å². The Bertz CT molecular complexity index is 1090. The van der Waals surface area contributed by atoms with Crippen LogP contribution < -0.4 is 5.32 Å². The summed E-state index contributed by atoms with van der Waals surface area (Å²) in [6.45, 7) is 3.45. The molecule has 0 spiro atoms. The lowest BCUT2D eigenvalue weighted by Gasteiger charge is -2.36. The molecule has 1 unspecified atom stereocenters. The van der Waals surface area contributed by atoms with E-state index >= 15 is 0 Å². The molecule has 0 bridgehead atoms. The molecule has 1 atom stereocenters. The van der Waals surface area contributed by atoms with Gasteiger partial charge in [-0.05, 0) is 54.7 Å². The summed E-state index contributed by atoms with van der Waals surface area (Å²) in [7, 11) is 0. The van der Waals surface area contributed by atoms with Gasteiger partial charge in [0.25, 0.3) is 0 Å². The van der Waals surface area contributed by atoms with E-state index in [1.165, 1.54) is 11.1 Å². The molecule has 0 saturated carbocycles. The molecule has 7 nitrogen and oxygen atoms in total. The van der Waals surface area contributed by atoms with Crippen LogP contribution in [0.3, 0.4) is 0 Å². The molecular formula is C27H32N4O3. The van der Waals surface area contributed by atoms with E-state index < -0.39 is 5.97 Å². The van der Waals surface area contributed by atoms with Gasteiger partial charge >= 0.3 is 5.97 Å². The van der Waals surface area contributed by atoms with Crippen molar-refractivity contribution in [2.75, 3.05) is 19.6 Å². The van der Waals surface area contributed by atoms with Gasteiger partial charge in [-0.15, -0.1) is 0 Å². The highest BCUT2D eigenvalue weighted by Gasteiger charge is 2.23. The second-order valence-corrected chi connectivity index (χ2v) is 8.84. The standard InChI is InChI=1S/C27H32N4O3/c32-24-10-7-20(8-11-24)3-2-6-26-29-14-13-25(30-26)22-5-1-4-21(17-22)19-31-16-15-28-18-23(31)9-12-27(33)34/h1,4-5,7-8,10-11,13-14,17,23,28,32H,2-3,6,9,12,15-16,18-19H2,(H,33,34). The zero-order valence-corrected chi connectivity index (χ0v) is 19.4. The Balaban J connectivity index is 1.38. The fourth-order valence-electron chi connectivity index (χ4n) is 4.44. The summed E-state index contributed by atoms with van der Waals surface area (Å²) in [6.07, 6.45) is 5.32. The van der Waals surface area contributed by atoms with Gasteiger partial charge in [0.2, 0.25) is 0 Å². The van der Waals surface area contributed by atoms with Crippen LogP contribution in [0.4, 0.5) is 0 Å². The Morgan fingerprint density at radius 3 is 2.76 bits per heavy atom. The highest BCUT2D eigenvalue weighted by molar-refractivity contribution is 5.66. The molecule has 1 aliphatic rings. The highest BCUT2D eigenvalue weighted by atomic mass is 16.4. The first-order valence-electron chi connectivity index (χ1n) is 11.9. The van der Waals surface area contributed by atoms with E-state index in [2.05, 4.69) is 39.5 Å². The number of aliphatic carboxylic acids is 1. The number of hydrogen-bond acceptors (Lipinski definition) is 6. The Morgan fingerprint density at radius 1 is 1.09 bits per heavy atom. The molecule has 34 heavy (non-hydrogen) atoms. The molecule has 0 aliphatic carbocycles. The minimum atomic E-state index is -0.741. The number of aryl methyl sites for hydroxylation is 2. The summed E-state index contributed by atoms with van der Waals surface area (Å²) in [4.78, 5) is 22.7. The molecule has 1 saturated heterocycles. The number of nitrogens with one attached hydrogen (secondary N) is 1. The fourth-order valence-corrected chi connectivity index (χ4v) is 4.44. The van der Waals surface area contributed by atoms with Crippen LogP contribution in [0.2, 0.25) is 0 Å². The summed E-state index contributed by atoms with van der Waals surface area (Å²) >= 11 is 0. The van der Waals surface area contributed by atoms with Crippen LogP contribution in [-0.4, -0.2) is 56.7 Å². The molecule has 0 radical (unpaired) electrons. The van der Waals surface area contributed by atoms with Gasteiger partial charge in [0.1, 0.15) is 11.6 Å². The van der Waals surface area contributed by atoms with Crippen LogP contribution >= 0.6 is 0 Å². The minimum Gasteiger partial charge on any atom is -0.508 e. The number of carboxylic acid groups (broad SMARTS) is 1. The van der Waals surface area contributed by atoms with E-state index in [1.807, 2.05) is 24.4 Å². The zero-order chi connectivity index (χ0) is 23.8. The van der Waals surface area contributed by atoms with Gasteiger partial charge in [0.05, 0.1) is 5.69 Å². The summed E-state index contributed by atoms with van der Waals surface area (Å²) in [5.41, 5.74) is 4.37. The number of hydrogen-bond donors (Lipinski definition) is 3. The number of piperazine rings is 1. The largest absolute Gasteiger partial charge is 0.508 e. The number of carboxylic acids is 1. The number of phenolic OH excluding ortho intramolecular Hbond substituents is 1. The fraction of sp³-hybridized carbons (Fsp3) is 0.370. The Hall–Kier alpha value is -3.29. The molecule has 178 valence electrons. The van der Waals surface area contributed by atoms with Gasteiger partial charge in [-0.1, -0.05) is 30.3 Å². The number of aromatic hydroxyl groups is 1. The van der Waals surface area contributed by atoms with Crippen LogP contribution in [0, 0.1) is 0 Å². The summed E-state index contributed by atoms with van der Waals surface area (Å²) in [5, 5.41) is 21.9. The Morgan fingerprint density at radius 2 is 1.94 bits per heavy atom. The van der Waals surface area contributed by atoms with Crippen molar-refractivity contribution in [1.82, 2.24) is 20.2 Å². The Kier molecular flexibility index (Phi) is 8.22. The lowest BCUT2D eigenvalue weighted by molar-refractivity contribution is -0.137. The number of phenols is 1. The maximum Gasteiger partial charge on any atom is 0.303 e. The smallest absolute Gasteiger partial charge is 0.303 e. The quantitative estimate of drug-likeness (QED) is 0.425.